The van der Waals surface area contributed by atoms with Gasteiger partial charge in [0.05, 0.1) is 11.8 Å². The zero-order valence-corrected chi connectivity index (χ0v) is 15.4. The number of carbonyl (C=O) groups is 3. The predicted octanol–water partition coefficient (Wildman–Crippen LogP) is 3.02. The van der Waals surface area contributed by atoms with Gasteiger partial charge in [-0.3, -0.25) is 14.5 Å². The van der Waals surface area contributed by atoms with Crippen LogP contribution in [-0.2, 0) is 25.7 Å². The van der Waals surface area contributed by atoms with E-state index in [0.29, 0.717) is 0 Å². The largest absolute Gasteiger partial charge is 0.459 e. The van der Waals surface area contributed by atoms with E-state index in [1.807, 2.05) is 30.5 Å². The number of carbonyl (C=O) groups excluding carboxylic acids is 3. The zero-order valence-electron chi connectivity index (χ0n) is 14.6. The average molecular weight is 361 g/mol. The highest BCUT2D eigenvalue weighted by molar-refractivity contribution is 7.98. The van der Waals surface area contributed by atoms with Crippen molar-refractivity contribution >= 4 is 29.5 Å². The fourth-order valence-electron chi connectivity index (χ4n) is 3.67. The Morgan fingerprint density at radius 2 is 1.72 bits per heavy atom. The van der Waals surface area contributed by atoms with Gasteiger partial charge in [0, 0.05) is 4.90 Å². The topological polar surface area (TPSA) is 63.7 Å². The number of hydrogen-bond donors (Lipinski definition) is 0. The van der Waals surface area contributed by atoms with E-state index in [2.05, 4.69) is 0 Å². The van der Waals surface area contributed by atoms with Crippen molar-refractivity contribution in [1.29, 1.82) is 0 Å². The van der Waals surface area contributed by atoms with Crippen LogP contribution in [0.2, 0.25) is 0 Å². The maximum Gasteiger partial charge on any atom is 0.329 e. The van der Waals surface area contributed by atoms with Crippen LogP contribution in [0.4, 0.5) is 0 Å². The van der Waals surface area contributed by atoms with Gasteiger partial charge in [-0.15, -0.1) is 11.8 Å². The van der Waals surface area contributed by atoms with E-state index in [0.717, 1.165) is 41.0 Å². The molecule has 134 valence electrons. The summed E-state index contributed by atoms with van der Waals surface area (Å²) in [6.07, 6.45) is 5.43. The summed E-state index contributed by atoms with van der Waals surface area (Å²) in [4.78, 5) is 39.7. The van der Waals surface area contributed by atoms with Gasteiger partial charge >= 0.3 is 5.97 Å². The van der Waals surface area contributed by atoms with Crippen LogP contribution >= 0.6 is 11.8 Å². The molecule has 25 heavy (non-hydrogen) atoms. The van der Waals surface area contributed by atoms with Crippen molar-refractivity contribution in [2.45, 2.75) is 50.2 Å². The average Bonchev–Trinajstić information content (AvgIpc) is 2.90. The highest BCUT2D eigenvalue weighted by Gasteiger charge is 2.51. The van der Waals surface area contributed by atoms with E-state index in [1.165, 1.54) is 0 Å². The lowest BCUT2D eigenvalue weighted by molar-refractivity contribution is -0.159. The van der Waals surface area contributed by atoms with Crippen molar-refractivity contribution in [2.24, 2.45) is 11.8 Å². The first kappa shape index (κ1) is 18.0. The van der Waals surface area contributed by atoms with Crippen molar-refractivity contribution in [1.82, 2.24) is 4.90 Å². The van der Waals surface area contributed by atoms with Gasteiger partial charge in [-0.05, 0) is 43.7 Å². The van der Waals surface area contributed by atoms with Crippen molar-refractivity contribution in [3.05, 3.63) is 29.8 Å². The molecule has 2 amide bonds. The van der Waals surface area contributed by atoms with Crippen molar-refractivity contribution in [2.75, 3.05) is 6.26 Å². The lowest BCUT2D eigenvalue weighted by Gasteiger charge is -2.21. The number of likely N-dealkylation sites (tertiary alicyclic amines) is 1. The summed E-state index contributed by atoms with van der Waals surface area (Å²) in [5, 5.41) is 0. The van der Waals surface area contributed by atoms with Gasteiger partial charge in [0.15, 0.2) is 0 Å². The van der Waals surface area contributed by atoms with E-state index < -0.39 is 12.0 Å². The van der Waals surface area contributed by atoms with Gasteiger partial charge in [-0.2, -0.15) is 0 Å². The fourth-order valence-corrected chi connectivity index (χ4v) is 4.08. The fraction of sp³-hybridized carbons (Fsp3) is 0.526. The molecule has 2 aliphatic rings. The van der Waals surface area contributed by atoms with E-state index in [4.69, 9.17) is 4.74 Å². The van der Waals surface area contributed by atoms with E-state index >= 15 is 0 Å². The number of rotatable bonds is 5. The summed E-state index contributed by atoms with van der Waals surface area (Å²) < 4.78 is 5.33. The van der Waals surface area contributed by atoms with E-state index in [9.17, 15) is 14.4 Å². The van der Waals surface area contributed by atoms with Crippen molar-refractivity contribution in [3.63, 3.8) is 0 Å². The molecule has 2 fully saturated rings. The van der Waals surface area contributed by atoms with Crippen molar-refractivity contribution < 1.29 is 19.1 Å². The molecule has 3 rings (SSSR count). The van der Waals surface area contributed by atoms with Gasteiger partial charge < -0.3 is 4.74 Å². The minimum atomic E-state index is -0.865. The Hall–Kier alpha value is -1.82. The third-order valence-corrected chi connectivity index (χ3v) is 5.89. The summed E-state index contributed by atoms with van der Waals surface area (Å²) in [6.45, 7) is 1.72. The predicted molar refractivity (Wildman–Crippen MR) is 94.8 cm³/mol. The number of nitrogens with zero attached hydrogens (tertiary/aromatic N) is 1. The summed E-state index contributed by atoms with van der Waals surface area (Å²) in [7, 11) is 0. The first-order valence-electron chi connectivity index (χ1n) is 8.69. The molecule has 1 aliphatic carbocycles. The maximum atomic E-state index is 12.5. The molecule has 0 N–H and O–H groups in total. The van der Waals surface area contributed by atoms with Crippen LogP contribution in [0.1, 0.15) is 38.2 Å². The number of benzene rings is 1. The number of ether oxygens (including phenoxy) is 1. The second-order valence-corrected chi connectivity index (χ2v) is 7.56. The van der Waals surface area contributed by atoms with Crippen LogP contribution in [-0.4, -0.2) is 35.0 Å². The summed E-state index contributed by atoms with van der Waals surface area (Å²) in [6, 6.07) is 6.89. The Balaban J connectivity index is 1.61. The smallest absolute Gasteiger partial charge is 0.329 e. The van der Waals surface area contributed by atoms with Crippen molar-refractivity contribution in [3.8, 4) is 0 Å². The summed E-state index contributed by atoms with van der Waals surface area (Å²) in [5.74, 6) is -1.42. The second kappa shape index (κ2) is 7.60. The first-order chi connectivity index (χ1) is 12.0. The molecule has 0 bridgehead atoms. The Bertz CT molecular complexity index is 649. The quantitative estimate of drug-likeness (QED) is 0.458. The van der Waals surface area contributed by atoms with Crippen LogP contribution in [0.3, 0.4) is 0 Å². The molecule has 1 saturated heterocycles. The number of imide groups is 1. The van der Waals surface area contributed by atoms with Gasteiger partial charge in [0.2, 0.25) is 11.8 Å². The third-order valence-electron chi connectivity index (χ3n) is 5.14. The minimum absolute atomic E-state index is 0.140. The molecule has 6 heteroatoms. The second-order valence-electron chi connectivity index (χ2n) is 6.68. The monoisotopic (exact) mass is 361 g/mol. The lowest BCUT2D eigenvalue weighted by Crippen LogP contribution is -2.44. The molecule has 0 unspecified atom stereocenters. The standard InChI is InChI=1S/C19H23NO4S/c1-12(19(23)24-11-13-7-9-14(25-2)10-8-13)20-17(21)15-5-3-4-6-16(15)18(20)22/h7-10,12,15-16H,3-6,11H2,1-2H3/t12-,15-,16-/m0/s1. The minimum Gasteiger partial charge on any atom is -0.459 e. The van der Waals surface area contributed by atoms with Gasteiger partial charge in [-0.1, -0.05) is 25.0 Å². The van der Waals surface area contributed by atoms with E-state index in [1.54, 1.807) is 18.7 Å². The van der Waals surface area contributed by atoms with Crippen LogP contribution in [0.15, 0.2) is 29.2 Å². The molecular weight excluding hydrogens is 338 g/mol. The Labute approximate surface area is 152 Å². The van der Waals surface area contributed by atoms with Crippen LogP contribution < -0.4 is 0 Å². The molecule has 1 heterocycles. The normalized spacial score (nSPS) is 24.2. The summed E-state index contributed by atoms with van der Waals surface area (Å²) >= 11 is 1.64. The Morgan fingerprint density at radius 1 is 1.16 bits per heavy atom. The molecule has 1 aromatic rings. The third kappa shape index (κ3) is 3.59. The molecule has 0 spiro atoms. The Morgan fingerprint density at radius 3 is 2.24 bits per heavy atom. The molecule has 1 aromatic carbocycles. The molecule has 0 aromatic heterocycles. The van der Waals surface area contributed by atoms with Gasteiger partial charge in [-0.25, -0.2) is 4.79 Å². The van der Waals surface area contributed by atoms with Gasteiger partial charge in [0.1, 0.15) is 12.6 Å². The SMILES string of the molecule is CSc1ccc(COC(=O)[C@H](C)N2C(=O)[C@H]3CCCC[C@@H]3C2=O)cc1. The zero-order chi connectivity index (χ0) is 18.0. The summed E-state index contributed by atoms with van der Waals surface area (Å²) in [5.41, 5.74) is 0.881. The highest BCUT2D eigenvalue weighted by Crippen LogP contribution is 2.38. The van der Waals surface area contributed by atoms with E-state index in [-0.39, 0.29) is 30.3 Å². The first-order valence-corrected chi connectivity index (χ1v) is 9.92. The molecule has 1 saturated carbocycles. The molecule has 3 atom stereocenters. The molecule has 1 aliphatic heterocycles. The number of amides is 2. The molecular formula is C19H23NO4S. The Kier molecular flexibility index (Phi) is 5.47. The van der Waals surface area contributed by atoms with Gasteiger partial charge in [0.25, 0.3) is 0 Å². The van der Waals surface area contributed by atoms with Crippen LogP contribution in [0.25, 0.3) is 0 Å². The molecule has 5 nitrogen and oxygen atoms in total. The number of thioether (sulfide) groups is 1. The van der Waals surface area contributed by atoms with Crippen LogP contribution in [0.5, 0.6) is 0 Å². The molecule has 0 radical (unpaired) electrons. The van der Waals surface area contributed by atoms with Crippen LogP contribution in [0, 0.1) is 11.8 Å². The number of esters is 1. The number of hydrogen-bond acceptors (Lipinski definition) is 5. The highest BCUT2D eigenvalue weighted by atomic mass is 32.2. The number of fused-ring (bicyclic) bond motifs is 1. The maximum absolute atomic E-state index is 12.5. The lowest BCUT2D eigenvalue weighted by atomic mass is 9.81.